The van der Waals surface area contributed by atoms with Gasteiger partial charge in [0.15, 0.2) is 0 Å². The van der Waals surface area contributed by atoms with Crippen molar-refractivity contribution in [2.24, 2.45) is 0 Å². The Balaban J connectivity index is 2.27. The number of aromatic carboxylic acids is 1. The van der Waals surface area contributed by atoms with Crippen LogP contribution in [0.5, 0.6) is 0 Å². The molecule has 19 heavy (non-hydrogen) atoms. The molecule has 0 fully saturated rings. The third-order valence-electron chi connectivity index (χ3n) is 2.61. The summed E-state index contributed by atoms with van der Waals surface area (Å²) in [5.41, 5.74) is 2.02. The van der Waals surface area contributed by atoms with Crippen molar-refractivity contribution >= 4 is 11.9 Å². The minimum Gasteiger partial charge on any atom is -0.478 e. The van der Waals surface area contributed by atoms with Gasteiger partial charge in [-0.3, -0.25) is 4.98 Å². The Morgan fingerprint density at radius 1 is 1.05 bits per heavy atom. The zero-order valence-electron chi connectivity index (χ0n) is 10.2. The van der Waals surface area contributed by atoms with Crippen LogP contribution in [0.25, 0.3) is 11.3 Å². The van der Waals surface area contributed by atoms with Crippen LogP contribution in [0.4, 0.5) is 0 Å². The fraction of sp³-hybridized carbons (Fsp3) is 0.0714. The molecule has 0 unspecified atom stereocenters. The lowest BCUT2D eigenvalue weighted by Crippen LogP contribution is -2.00. The first-order chi connectivity index (χ1) is 9.11. The maximum absolute atomic E-state index is 11.3. The summed E-state index contributed by atoms with van der Waals surface area (Å²) in [5.74, 6) is -1.42. The average Bonchev–Trinajstić information content (AvgIpc) is 2.46. The van der Waals surface area contributed by atoms with E-state index < -0.39 is 11.9 Å². The van der Waals surface area contributed by atoms with Gasteiger partial charge in [0.25, 0.3) is 0 Å². The molecule has 1 aromatic carbocycles. The van der Waals surface area contributed by atoms with Gasteiger partial charge in [0.05, 0.1) is 23.9 Å². The lowest BCUT2D eigenvalue weighted by Gasteiger charge is -2.03. The Bertz CT molecular complexity index is 602. The van der Waals surface area contributed by atoms with Gasteiger partial charge >= 0.3 is 11.9 Å². The van der Waals surface area contributed by atoms with Crippen molar-refractivity contribution in [3.63, 3.8) is 0 Å². The van der Waals surface area contributed by atoms with Crippen LogP contribution in [0.2, 0.25) is 0 Å². The number of rotatable bonds is 3. The fourth-order valence-corrected chi connectivity index (χ4v) is 1.59. The quantitative estimate of drug-likeness (QED) is 0.853. The summed E-state index contributed by atoms with van der Waals surface area (Å²) in [5, 5.41) is 8.78. The summed E-state index contributed by atoms with van der Waals surface area (Å²) < 4.78 is 4.60. The molecule has 0 aliphatic rings. The van der Waals surface area contributed by atoms with Gasteiger partial charge in [0.2, 0.25) is 0 Å². The maximum atomic E-state index is 11.3. The summed E-state index contributed by atoms with van der Waals surface area (Å²) in [6.07, 6.45) is 1.30. The number of esters is 1. The van der Waals surface area contributed by atoms with Crippen molar-refractivity contribution in [1.82, 2.24) is 4.98 Å². The van der Waals surface area contributed by atoms with E-state index in [9.17, 15) is 9.59 Å². The first-order valence-electron chi connectivity index (χ1n) is 5.50. The van der Waals surface area contributed by atoms with E-state index in [1.807, 2.05) is 0 Å². The molecule has 0 radical (unpaired) electrons. The Labute approximate surface area is 109 Å². The molecule has 5 heteroatoms. The predicted octanol–water partition coefficient (Wildman–Crippen LogP) is 2.23. The number of hydrogen-bond acceptors (Lipinski definition) is 4. The number of benzene rings is 1. The summed E-state index contributed by atoms with van der Waals surface area (Å²) >= 11 is 0. The SMILES string of the molecule is COC(=O)c1ccc(-c2ccc(C(=O)O)cn2)cc1. The van der Waals surface area contributed by atoms with Crippen LogP contribution in [0.1, 0.15) is 20.7 Å². The second-order valence-corrected chi connectivity index (χ2v) is 3.81. The molecule has 0 bridgehead atoms. The predicted molar refractivity (Wildman–Crippen MR) is 68.0 cm³/mol. The van der Waals surface area contributed by atoms with Gasteiger partial charge in [-0.25, -0.2) is 9.59 Å². The number of ether oxygens (including phenoxy) is 1. The third kappa shape index (κ3) is 2.77. The summed E-state index contributed by atoms with van der Waals surface area (Å²) in [4.78, 5) is 26.1. The zero-order chi connectivity index (χ0) is 13.8. The molecular weight excluding hydrogens is 246 g/mol. The number of pyridine rings is 1. The second kappa shape index (κ2) is 5.30. The lowest BCUT2D eigenvalue weighted by atomic mass is 10.1. The molecule has 5 nitrogen and oxygen atoms in total. The number of carboxylic acids is 1. The molecule has 96 valence electrons. The summed E-state index contributed by atoms with van der Waals surface area (Å²) in [6.45, 7) is 0. The first kappa shape index (κ1) is 12.8. The molecular formula is C14H11NO4. The molecule has 2 rings (SSSR count). The van der Waals surface area contributed by atoms with Crippen molar-refractivity contribution < 1.29 is 19.4 Å². The van der Waals surface area contributed by atoms with Gasteiger partial charge in [0.1, 0.15) is 0 Å². The maximum Gasteiger partial charge on any atom is 0.337 e. The Hall–Kier alpha value is -2.69. The van der Waals surface area contributed by atoms with Crippen LogP contribution in [0.3, 0.4) is 0 Å². The molecule has 0 aliphatic heterocycles. The number of hydrogen-bond donors (Lipinski definition) is 1. The Morgan fingerprint density at radius 3 is 2.16 bits per heavy atom. The average molecular weight is 257 g/mol. The normalized spacial score (nSPS) is 9.95. The number of carbonyl (C=O) groups is 2. The summed E-state index contributed by atoms with van der Waals surface area (Å²) in [6, 6.07) is 9.83. The summed E-state index contributed by atoms with van der Waals surface area (Å²) in [7, 11) is 1.32. The zero-order valence-corrected chi connectivity index (χ0v) is 10.2. The number of carbonyl (C=O) groups excluding carboxylic acids is 1. The van der Waals surface area contributed by atoms with Crippen LogP contribution in [-0.2, 0) is 4.74 Å². The monoisotopic (exact) mass is 257 g/mol. The number of aromatic nitrogens is 1. The molecule has 0 aliphatic carbocycles. The van der Waals surface area contributed by atoms with E-state index >= 15 is 0 Å². The number of nitrogens with zero attached hydrogens (tertiary/aromatic N) is 1. The molecule has 0 amide bonds. The van der Waals surface area contributed by atoms with Crippen LogP contribution < -0.4 is 0 Å². The van der Waals surface area contributed by atoms with E-state index in [1.165, 1.54) is 19.4 Å². The second-order valence-electron chi connectivity index (χ2n) is 3.81. The minimum absolute atomic E-state index is 0.134. The van der Waals surface area contributed by atoms with E-state index in [-0.39, 0.29) is 5.56 Å². The molecule has 2 aromatic rings. The molecule has 0 saturated heterocycles. The molecule has 1 aromatic heterocycles. The van der Waals surface area contributed by atoms with Gasteiger partial charge in [-0.15, -0.1) is 0 Å². The van der Waals surface area contributed by atoms with E-state index in [1.54, 1.807) is 30.3 Å². The highest BCUT2D eigenvalue weighted by atomic mass is 16.5. The smallest absolute Gasteiger partial charge is 0.337 e. The lowest BCUT2D eigenvalue weighted by molar-refractivity contribution is 0.0600. The first-order valence-corrected chi connectivity index (χ1v) is 5.50. The molecule has 1 N–H and O–H groups in total. The van der Waals surface area contributed by atoms with Crippen LogP contribution in [0.15, 0.2) is 42.6 Å². The Kier molecular flexibility index (Phi) is 3.56. The van der Waals surface area contributed by atoms with E-state index in [0.29, 0.717) is 11.3 Å². The molecule has 0 saturated carbocycles. The van der Waals surface area contributed by atoms with Gasteiger partial charge in [0, 0.05) is 11.8 Å². The highest BCUT2D eigenvalue weighted by Gasteiger charge is 2.07. The van der Waals surface area contributed by atoms with E-state index in [4.69, 9.17) is 5.11 Å². The largest absolute Gasteiger partial charge is 0.478 e. The highest BCUT2D eigenvalue weighted by molar-refractivity contribution is 5.90. The van der Waals surface area contributed by atoms with Gasteiger partial charge in [-0.1, -0.05) is 12.1 Å². The van der Waals surface area contributed by atoms with Crippen molar-refractivity contribution in [2.75, 3.05) is 7.11 Å². The van der Waals surface area contributed by atoms with Crippen molar-refractivity contribution in [2.45, 2.75) is 0 Å². The topological polar surface area (TPSA) is 76.5 Å². The number of methoxy groups -OCH3 is 1. The van der Waals surface area contributed by atoms with Crippen LogP contribution >= 0.6 is 0 Å². The number of carboxylic acid groups (broad SMARTS) is 1. The van der Waals surface area contributed by atoms with Gasteiger partial charge in [-0.2, -0.15) is 0 Å². The Morgan fingerprint density at radius 2 is 1.68 bits per heavy atom. The highest BCUT2D eigenvalue weighted by Crippen LogP contribution is 2.18. The van der Waals surface area contributed by atoms with Gasteiger partial charge in [-0.05, 0) is 24.3 Å². The van der Waals surface area contributed by atoms with Crippen LogP contribution in [0, 0.1) is 0 Å². The molecule has 0 spiro atoms. The standard InChI is InChI=1S/C14H11NO4/c1-19-14(18)10-4-2-9(3-5-10)12-7-6-11(8-15-12)13(16)17/h2-8H,1H3,(H,16,17). The van der Waals surface area contributed by atoms with Crippen molar-refractivity contribution in [3.8, 4) is 11.3 Å². The third-order valence-corrected chi connectivity index (χ3v) is 2.61. The van der Waals surface area contributed by atoms with E-state index in [0.717, 1.165) is 5.56 Å². The van der Waals surface area contributed by atoms with Crippen LogP contribution in [-0.4, -0.2) is 29.1 Å². The van der Waals surface area contributed by atoms with Crippen molar-refractivity contribution in [1.29, 1.82) is 0 Å². The minimum atomic E-state index is -1.01. The van der Waals surface area contributed by atoms with Gasteiger partial charge < -0.3 is 9.84 Å². The fourth-order valence-electron chi connectivity index (χ4n) is 1.59. The van der Waals surface area contributed by atoms with Crippen molar-refractivity contribution in [3.05, 3.63) is 53.7 Å². The van der Waals surface area contributed by atoms with E-state index in [2.05, 4.69) is 9.72 Å². The molecule has 0 atom stereocenters. The molecule has 1 heterocycles.